The molecule has 6 nitrogen and oxygen atoms in total. The second-order valence-corrected chi connectivity index (χ2v) is 19.0. The Bertz CT molecular complexity index is 3570. The standard InChI is InChI=1S/C58H44BN5O.Pt/c1-58(2,3)42-22-15-21-41(37-42)46-28-17-27-45(40-19-5-4-6-20-40)57(46)62-39-61(51-31-11-12-32-52(51)62)43-23-16-24-44(38-43)65-56-36-18-35-55(60-56)64-54-34-14-13-33-53(54)63-50-30-10-8-26-48(50)47-25-7-9-29-49(47)59(63)64;/h4-38H,1-3H3;. The van der Waals surface area contributed by atoms with Gasteiger partial charge in [0.05, 0.1) is 0 Å². The number of para-hydroxylation sites is 6. The van der Waals surface area contributed by atoms with Gasteiger partial charge < -0.3 is 0 Å². The van der Waals surface area contributed by atoms with Crippen LogP contribution in [0.2, 0.25) is 0 Å². The summed E-state index contributed by atoms with van der Waals surface area (Å²) in [5.41, 5.74) is 17.4. The van der Waals surface area contributed by atoms with E-state index in [-0.39, 0.29) is 12.4 Å². The summed E-state index contributed by atoms with van der Waals surface area (Å²) in [6, 6.07) is 75.6. The van der Waals surface area contributed by atoms with E-state index in [0.717, 1.165) is 54.5 Å². The molecule has 66 heavy (non-hydrogen) atoms. The molecule has 0 radical (unpaired) electrons. The normalized spacial score (nSPS) is 12.8. The van der Waals surface area contributed by atoms with Gasteiger partial charge in [0.15, 0.2) is 0 Å². The number of ether oxygens (including phenoxy) is 1. The number of aromatic nitrogens is 3. The van der Waals surface area contributed by atoms with E-state index in [2.05, 4.69) is 253 Å². The van der Waals surface area contributed by atoms with E-state index in [9.17, 15) is 0 Å². The van der Waals surface area contributed by atoms with Gasteiger partial charge in [0.25, 0.3) is 0 Å². The Kier molecular flexibility index (Phi) is 9.66. The third kappa shape index (κ3) is 6.60. The Morgan fingerprint density at radius 3 is 1.86 bits per heavy atom. The number of imidazole rings is 1. The third-order valence-electron chi connectivity index (χ3n) is 12.9. The van der Waals surface area contributed by atoms with Gasteiger partial charge in [0.2, 0.25) is 0 Å². The molecule has 0 unspecified atom stereocenters. The fraction of sp³-hybridized carbons (Fsp3) is 0.0690. The van der Waals surface area contributed by atoms with E-state index in [1.165, 1.54) is 39.0 Å². The number of anilines is 4. The molecule has 10 aromatic rings. The zero-order valence-corrected chi connectivity index (χ0v) is 39.0. The maximum atomic E-state index is 6.75. The van der Waals surface area contributed by atoms with Crippen LogP contribution in [0.25, 0.3) is 55.8 Å². The Morgan fingerprint density at radius 2 is 1.08 bits per heavy atom. The molecule has 0 fully saturated rings. The van der Waals surface area contributed by atoms with E-state index < -0.39 is 0 Å². The van der Waals surface area contributed by atoms with Gasteiger partial charge in [-0.3, -0.25) is 0 Å². The van der Waals surface area contributed by atoms with Gasteiger partial charge in [-0.05, 0) is 17.7 Å². The van der Waals surface area contributed by atoms with Crippen molar-refractivity contribution in [3.05, 3.63) is 222 Å². The van der Waals surface area contributed by atoms with Crippen LogP contribution in [0.5, 0.6) is 11.6 Å². The molecule has 0 spiro atoms. The second-order valence-electron chi connectivity index (χ2n) is 17.9. The molecule has 4 heterocycles. The molecule has 0 atom stereocenters. The zero-order chi connectivity index (χ0) is 44.5. The summed E-state index contributed by atoms with van der Waals surface area (Å²) in [7, 11) is 0. The average molecular weight is 1030 g/mol. The van der Waals surface area contributed by atoms with Crippen molar-refractivity contribution in [2.24, 2.45) is 0 Å². The maximum absolute atomic E-state index is 6.75. The van der Waals surface area contributed by atoms with Gasteiger partial charge in [-0.1, -0.05) is 54.6 Å². The van der Waals surface area contributed by atoms with Crippen molar-refractivity contribution in [1.29, 1.82) is 0 Å². The first-order valence-electron chi connectivity index (χ1n) is 22.4. The fourth-order valence-electron chi connectivity index (χ4n) is 9.91. The molecular formula is C58H44BN5OPt. The number of nitrogens with zero attached hydrogens (tertiary/aromatic N) is 5. The van der Waals surface area contributed by atoms with Gasteiger partial charge >= 0.3 is 315 Å². The van der Waals surface area contributed by atoms with Crippen LogP contribution in [0, 0.1) is 3.80 Å². The Morgan fingerprint density at radius 1 is 0.485 bits per heavy atom. The minimum absolute atomic E-state index is 0.00417. The van der Waals surface area contributed by atoms with E-state index in [1.807, 2.05) is 18.2 Å². The summed E-state index contributed by atoms with van der Waals surface area (Å²) in [6.07, 6.45) is 0. The molecule has 8 heteroatoms. The third-order valence-corrected chi connectivity index (χ3v) is 13.9. The first-order chi connectivity index (χ1) is 32.3. The molecule has 0 bridgehead atoms. The quantitative estimate of drug-likeness (QED) is 0.149. The van der Waals surface area contributed by atoms with Gasteiger partial charge in [0, 0.05) is 11.3 Å². The van der Waals surface area contributed by atoms with E-state index in [4.69, 9.17) is 9.72 Å². The van der Waals surface area contributed by atoms with Gasteiger partial charge in [-0.25, -0.2) is 0 Å². The van der Waals surface area contributed by atoms with Crippen molar-refractivity contribution in [1.82, 2.24) is 14.1 Å². The number of pyridine rings is 1. The van der Waals surface area contributed by atoms with E-state index in [1.54, 1.807) is 0 Å². The van der Waals surface area contributed by atoms with Gasteiger partial charge in [-0.2, -0.15) is 0 Å². The van der Waals surface area contributed by atoms with Crippen LogP contribution in [0.1, 0.15) is 26.3 Å². The molecular weight excluding hydrogens is 989 g/mol. The van der Waals surface area contributed by atoms with Crippen molar-refractivity contribution in [2.45, 2.75) is 26.2 Å². The topological polar surface area (TPSA) is 38.5 Å². The van der Waals surface area contributed by atoms with Crippen molar-refractivity contribution in [2.75, 3.05) is 9.62 Å². The molecule has 0 saturated heterocycles. The van der Waals surface area contributed by atoms with Crippen LogP contribution >= 0.6 is 0 Å². The summed E-state index contributed by atoms with van der Waals surface area (Å²) in [4.78, 5) is 10.0. The molecule has 0 aliphatic carbocycles. The summed E-state index contributed by atoms with van der Waals surface area (Å²) < 4.78 is 12.5. The number of hydrogen-bond donors (Lipinski definition) is 0. The summed E-state index contributed by atoms with van der Waals surface area (Å²) in [5, 5.41) is 0. The predicted molar refractivity (Wildman–Crippen MR) is 268 cm³/mol. The fourth-order valence-corrected chi connectivity index (χ4v) is 11.0. The summed E-state index contributed by atoms with van der Waals surface area (Å²) in [6.45, 7) is 6.71. The minimum atomic E-state index is -0.120. The first-order valence-corrected chi connectivity index (χ1v) is 23.5. The Labute approximate surface area is 396 Å². The molecule has 12 rings (SSSR count). The van der Waals surface area contributed by atoms with Crippen LogP contribution in [0.4, 0.5) is 22.9 Å². The number of fused-ring (bicyclic) bond motifs is 9. The first kappa shape index (κ1) is 40.1. The van der Waals surface area contributed by atoms with Crippen molar-refractivity contribution in [3.8, 4) is 56.4 Å². The molecule has 2 aliphatic rings. The molecule has 2 aromatic heterocycles. The van der Waals surface area contributed by atoms with Gasteiger partial charge in [0.1, 0.15) is 0 Å². The monoisotopic (exact) mass is 1030 g/mol. The van der Waals surface area contributed by atoms with Crippen LogP contribution in [0.3, 0.4) is 0 Å². The molecule has 2 aliphatic heterocycles. The predicted octanol–water partition coefficient (Wildman–Crippen LogP) is 14.0. The van der Waals surface area contributed by atoms with E-state index in [0.29, 0.717) is 11.6 Å². The molecule has 8 aromatic carbocycles. The molecule has 0 amide bonds. The van der Waals surface area contributed by atoms with Crippen LogP contribution in [0.15, 0.2) is 212 Å². The Balaban J connectivity index is 0.957. The SMILES string of the molecule is CC(C)(C)c1cccc(-c2cccc(-c3ccccc3)c2-n2[c](=[Pt])n(-c3cccc(Oc4cccc(N5B6c7ccccc7-c7ccccc7N6c6ccccc65)n4)c3)c3ccccc32)c1. The number of rotatable bonds is 7. The van der Waals surface area contributed by atoms with Crippen molar-refractivity contribution >= 4 is 46.4 Å². The molecule has 320 valence electrons. The van der Waals surface area contributed by atoms with Crippen molar-refractivity contribution in [3.63, 3.8) is 0 Å². The van der Waals surface area contributed by atoms with Crippen LogP contribution in [-0.2, 0) is 24.8 Å². The van der Waals surface area contributed by atoms with E-state index >= 15 is 0 Å². The number of hydrogen-bond acceptors (Lipinski definition) is 4. The summed E-state index contributed by atoms with van der Waals surface area (Å²) in [5.74, 6) is 2.03. The van der Waals surface area contributed by atoms with Crippen LogP contribution < -0.4 is 19.8 Å². The Hall–Kier alpha value is -7.47. The average Bonchev–Trinajstić information content (AvgIpc) is 3.86. The zero-order valence-electron chi connectivity index (χ0n) is 36.7. The summed E-state index contributed by atoms with van der Waals surface area (Å²) >= 11 is 2.51. The second kappa shape index (κ2) is 15.9. The molecule has 0 N–H and O–H groups in total. The number of benzene rings is 8. The van der Waals surface area contributed by atoms with Crippen molar-refractivity contribution < 1.29 is 24.1 Å². The molecule has 0 saturated carbocycles. The van der Waals surface area contributed by atoms with Gasteiger partial charge in [-0.15, -0.1) is 0 Å². The van der Waals surface area contributed by atoms with Crippen LogP contribution in [-0.4, -0.2) is 21.1 Å².